The normalized spacial score (nSPS) is 15.2. The minimum atomic E-state index is -0.207. The highest BCUT2D eigenvalue weighted by Gasteiger charge is 2.21. The lowest BCUT2D eigenvalue weighted by atomic mass is 10.1. The van der Waals surface area contributed by atoms with Gasteiger partial charge in [-0.25, -0.2) is 0 Å². The number of carbonyl (C=O) groups excluding carboxylic acids is 1. The van der Waals surface area contributed by atoms with Crippen molar-refractivity contribution in [2.45, 2.75) is 18.2 Å². The first-order valence-electron chi connectivity index (χ1n) is 9.35. The van der Waals surface area contributed by atoms with Gasteiger partial charge in [0.25, 0.3) is 0 Å². The molecule has 0 aliphatic carbocycles. The van der Waals surface area contributed by atoms with Gasteiger partial charge in [0.15, 0.2) is 22.5 Å². The first-order chi connectivity index (χ1) is 14.1. The van der Waals surface area contributed by atoms with Crippen molar-refractivity contribution in [1.82, 2.24) is 20.1 Å². The fourth-order valence-electron chi connectivity index (χ4n) is 3.07. The highest BCUT2D eigenvalue weighted by atomic mass is 32.2. The van der Waals surface area contributed by atoms with Crippen molar-refractivity contribution in [2.75, 3.05) is 18.9 Å². The fraction of sp³-hybridized carbons (Fsp3) is 0.286. The fourth-order valence-corrected chi connectivity index (χ4v) is 3.81. The first-order valence-corrected chi connectivity index (χ1v) is 10.3. The minimum absolute atomic E-state index is 0.0853. The third-order valence-electron chi connectivity index (χ3n) is 4.65. The number of aromatic nitrogens is 3. The molecule has 1 aliphatic rings. The minimum Gasteiger partial charge on any atom is -0.486 e. The summed E-state index contributed by atoms with van der Waals surface area (Å²) in [4.78, 5) is 12.3. The maximum Gasteiger partial charge on any atom is 0.230 e. The van der Waals surface area contributed by atoms with Crippen molar-refractivity contribution in [2.24, 2.45) is 7.05 Å². The molecule has 8 heteroatoms. The second kappa shape index (κ2) is 8.57. The molecule has 3 aromatic rings. The molecule has 7 nitrogen and oxygen atoms in total. The topological polar surface area (TPSA) is 78.3 Å². The standard InChI is InChI=1S/C21H22N4O3S/c1-14-7-3-4-8-16(14)20-23-24-21(25(20)2)29-13-19(26)22-11-15-12-27-17-9-5-6-10-18(17)28-15/h3-10,15H,11-13H2,1-2H3,(H,22,26)/t15-/m0/s1. The SMILES string of the molecule is Cc1ccccc1-c1nnc(SCC(=O)NC[C@H]2COc3ccccc3O2)n1C. The molecule has 1 amide bonds. The number of aryl methyl sites for hydroxylation is 1. The molecule has 2 heterocycles. The highest BCUT2D eigenvalue weighted by Crippen LogP contribution is 2.30. The maximum absolute atomic E-state index is 12.3. The number of rotatable bonds is 6. The van der Waals surface area contributed by atoms with Crippen LogP contribution in [-0.2, 0) is 11.8 Å². The van der Waals surface area contributed by atoms with Crippen LogP contribution in [0.5, 0.6) is 11.5 Å². The Hall–Kier alpha value is -3.00. The van der Waals surface area contributed by atoms with Crippen LogP contribution in [0.15, 0.2) is 53.7 Å². The first kappa shape index (κ1) is 19.3. The molecule has 0 unspecified atom stereocenters. The van der Waals surface area contributed by atoms with E-state index in [4.69, 9.17) is 9.47 Å². The summed E-state index contributed by atoms with van der Waals surface area (Å²) >= 11 is 1.36. The van der Waals surface area contributed by atoms with Gasteiger partial charge in [-0.15, -0.1) is 10.2 Å². The van der Waals surface area contributed by atoms with Crippen molar-refractivity contribution in [3.63, 3.8) is 0 Å². The van der Waals surface area contributed by atoms with Crippen molar-refractivity contribution >= 4 is 17.7 Å². The molecule has 0 spiro atoms. The number of nitrogens with zero attached hydrogens (tertiary/aromatic N) is 3. The Morgan fingerprint density at radius 3 is 2.76 bits per heavy atom. The van der Waals surface area contributed by atoms with Gasteiger partial charge in [-0.3, -0.25) is 4.79 Å². The number of thioether (sulfide) groups is 1. The van der Waals surface area contributed by atoms with E-state index in [-0.39, 0.29) is 17.8 Å². The van der Waals surface area contributed by atoms with E-state index in [1.54, 1.807) is 0 Å². The Kier molecular flexibility index (Phi) is 5.71. The van der Waals surface area contributed by atoms with Gasteiger partial charge >= 0.3 is 0 Å². The molecule has 2 aromatic carbocycles. The molecule has 4 rings (SSSR count). The number of carbonyl (C=O) groups is 1. The average Bonchev–Trinajstić information content (AvgIpc) is 3.11. The third-order valence-corrected chi connectivity index (χ3v) is 5.67. The Morgan fingerprint density at radius 2 is 1.93 bits per heavy atom. The van der Waals surface area contributed by atoms with Gasteiger partial charge in [0, 0.05) is 12.6 Å². The van der Waals surface area contributed by atoms with E-state index in [1.807, 2.05) is 67.1 Å². The Labute approximate surface area is 173 Å². The number of ether oxygens (including phenoxy) is 2. The number of benzene rings is 2. The lowest BCUT2D eigenvalue weighted by Gasteiger charge is -2.26. The summed E-state index contributed by atoms with van der Waals surface area (Å²) in [5, 5.41) is 12.1. The summed E-state index contributed by atoms with van der Waals surface area (Å²) in [6, 6.07) is 15.6. The van der Waals surface area contributed by atoms with Crippen LogP contribution in [0.4, 0.5) is 0 Å². The summed E-state index contributed by atoms with van der Waals surface area (Å²) in [6.45, 7) is 2.84. The second-order valence-corrected chi connectivity index (χ2v) is 7.71. The van der Waals surface area contributed by atoms with E-state index >= 15 is 0 Å². The van der Waals surface area contributed by atoms with Crippen molar-refractivity contribution in [1.29, 1.82) is 0 Å². The van der Waals surface area contributed by atoms with E-state index in [0.29, 0.717) is 24.1 Å². The molecule has 1 aromatic heterocycles. The van der Waals surface area contributed by atoms with Gasteiger partial charge in [-0.2, -0.15) is 0 Å². The van der Waals surface area contributed by atoms with Crippen LogP contribution < -0.4 is 14.8 Å². The van der Waals surface area contributed by atoms with E-state index in [2.05, 4.69) is 15.5 Å². The molecule has 0 bridgehead atoms. The highest BCUT2D eigenvalue weighted by molar-refractivity contribution is 7.99. The summed E-state index contributed by atoms with van der Waals surface area (Å²) < 4.78 is 13.4. The number of amides is 1. The Bertz CT molecular complexity index is 1020. The van der Waals surface area contributed by atoms with Crippen molar-refractivity contribution in [3.8, 4) is 22.9 Å². The Morgan fingerprint density at radius 1 is 1.17 bits per heavy atom. The zero-order chi connectivity index (χ0) is 20.2. The molecule has 1 atom stereocenters. The van der Waals surface area contributed by atoms with Gasteiger partial charge < -0.3 is 19.4 Å². The van der Waals surface area contributed by atoms with Crippen LogP contribution in [0, 0.1) is 6.92 Å². The van der Waals surface area contributed by atoms with Crippen LogP contribution in [-0.4, -0.2) is 45.7 Å². The molecule has 150 valence electrons. The molecular formula is C21H22N4O3S. The van der Waals surface area contributed by atoms with Crippen molar-refractivity contribution < 1.29 is 14.3 Å². The average molecular weight is 410 g/mol. The summed E-state index contributed by atoms with van der Waals surface area (Å²) in [6.07, 6.45) is -0.207. The number of fused-ring (bicyclic) bond motifs is 1. The van der Waals surface area contributed by atoms with Crippen LogP contribution in [0.3, 0.4) is 0 Å². The second-order valence-electron chi connectivity index (χ2n) is 6.77. The molecule has 29 heavy (non-hydrogen) atoms. The Balaban J connectivity index is 1.29. The van der Waals surface area contributed by atoms with Crippen molar-refractivity contribution in [3.05, 3.63) is 54.1 Å². The molecular weight excluding hydrogens is 388 g/mol. The van der Waals surface area contributed by atoms with E-state index in [9.17, 15) is 4.79 Å². The van der Waals surface area contributed by atoms with Crippen LogP contribution >= 0.6 is 11.8 Å². The molecule has 0 saturated carbocycles. The maximum atomic E-state index is 12.3. The monoisotopic (exact) mass is 410 g/mol. The third kappa shape index (κ3) is 4.37. The quantitative estimate of drug-likeness (QED) is 0.630. The smallest absolute Gasteiger partial charge is 0.230 e. The molecule has 1 N–H and O–H groups in total. The molecule has 0 radical (unpaired) electrons. The summed E-state index contributed by atoms with van der Waals surface area (Å²) in [7, 11) is 1.91. The van der Waals surface area contributed by atoms with E-state index in [0.717, 1.165) is 22.7 Å². The van der Waals surface area contributed by atoms with Crippen LogP contribution in [0.25, 0.3) is 11.4 Å². The van der Waals surface area contributed by atoms with E-state index < -0.39 is 0 Å². The van der Waals surface area contributed by atoms with Gasteiger partial charge in [-0.05, 0) is 24.6 Å². The summed E-state index contributed by atoms with van der Waals surface area (Å²) in [5.41, 5.74) is 2.17. The predicted octanol–water partition coefficient (Wildman–Crippen LogP) is 2.84. The lowest BCUT2D eigenvalue weighted by molar-refractivity contribution is -0.119. The number of nitrogens with one attached hydrogen (secondary N) is 1. The van der Waals surface area contributed by atoms with Gasteiger partial charge in [-0.1, -0.05) is 48.2 Å². The van der Waals surface area contributed by atoms with Crippen LogP contribution in [0.1, 0.15) is 5.56 Å². The number of hydrogen-bond acceptors (Lipinski definition) is 6. The predicted molar refractivity (Wildman–Crippen MR) is 111 cm³/mol. The van der Waals surface area contributed by atoms with Gasteiger partial charge in [0.05, 0.1) is 12.3 Å². The molecule has 0 saturated heterocycles. The number of para-hydroxylation sites is 2. The lowest BCUT2D eigenvalue weighted by Crippen LogP contribution is -2.41. The van der Waals surface area contributed by atoms with Gasteiger partial charge in [0.1, 0.15) is 12.7 Å². The van der Waals surface area contributed by atoms with Gasteiger partial charge in [0.2, 0.25) is 5.91 Å². The number of hydrogen-bond donors (Lipinski definition) is 1. The molecule has 0 fully saturated rings. The molecule has 1 aliphatic heterocycles. The zero-order valence-electron chi connectivity index (χ0n) is 16.3. The van der Waals surface area contributed by atoms with Crippen LogP contribution in [0.2, 0.25) is 0 Å². The largest absolute Gasteiger partial charge is 0.486 e. The van der Waals surface area contributed by atoms with E-state index in [1.165, 1.54) is 11.8 Å². The summed E-state index contributed by atoms with van der Waals surface area (Å²) in [5.74, 6) is 2.40. The zero-order valence-corrected chi connectivity index (χ0v) is 17.1.